The van der Waals surface area contributed by atoms with Crippen LogP contribution in [0.1, 0.15) is 36.2 Å². The number of rotatable bonds is 7. The lowest BCUT2D eigenvalue weighted by atomic mass is 9.99. The molecule has 0 saturated carbocycles. The molecule has 178 valence electrons. The lowest BCUT2D eigenvalue weighted by molar-refractivity contribution is -0.134. The Morgan fingerprint density at radius 1 is 1.09 bits per heavy atom. The first-order chi connectivity index (χ1) is 16.5. The molecule has 3 amide bonds. The maximum atomic E-state index is 13.6. The first kappa shape index (κ1) is 23.4. The highest BCUT2D eigenvalue weighted by Crippen LogP contribution is 2.34. The standard InChI is InChI=1S/C27H32N4O3/c1-4-14-30(27(33)28-23-12-6-5-9-20(23)2)19-25(32)31-17-16-29-15-8-13-24(29)26(31)21-10-7-11-22(18-21)34-3/h5-13,15,18,26H,4,14,16-17,19H2,1-3H3,(H,28,33). The Morgan fingerprint density at radius 3 is 2.68 bits per heavy atom. The molecule has 0 saturated heterocycles. The molecule has 0 aliphatic carbocycles. The first-order valence-electron chi connectivity index (χ1n) is 11.7. The Morgan fingerprint density at radius 2 is 1.91 bits per heavy atom. The highest BCUT2D eigenvalue weighted by atomic mass is 16.5. The molecule has 4 rings (SSSR count). The van der Waals surface area contributed by atoms with Gasteiger partial charge < -0.3 is 24.4 Å². The summed E-state index contributed by atoms with van der Waals surface area (Å²) in [5.41, 5.74) is 3.78. The Hall–Kier alpha value is -3.74. The Kier molecular flexibility index (Phi) is 7.21. The van der Waals surface area contributed by atoms with E-state index in [0.29, 0.717) is 13.1 Å². The van der Waals surface area contributed by atoms with Crippen LogP contribution < -0.4 is 10.1 Å². The number of aromatic nitrogens is 1. The van der Waals surface area contributed by atoms with Crippen LogP contribution in [0.25, 0.3) is 0 Å². The van der Waals surface area contributed by atoms with Crippen molar-refractivity contribution in [3.05, 3.63) is 83.7 Å². The molecular weight excluding hydrogens is 428 g/mol. The molecule has 34 heavy (non-hydrogen) atoms. The van der Waals surface area contributed by atoms with Crippen molar-refractivity contribution in [1.82, 2.24) is 14.4 Å². The Labute approximate surface area is 200 Å². The monoisotopic (exact) mass is 460 g/mol. The van der Waals surface area contributed by atoms with Gasteiger partial charge in [0.2, 0.25) is 5.91 Å². The molecule has 1 atom stereocenters. The number of hydrogen-bond acceptors (Lipinski definition) is 3. The van der Waals surface area contributed by atoms with E-state index in [4.69, 9.17) is 4.74 Å². The molecule has 0 fully saturated rings. The van der Waals surface area contributed by atoms with Gasteiger partial charge in [0.15, 0.2) is 0 Å². The quantitative estimate of drug-likeness (QED) is 0.557. The van der Waals surface area contributed by atoms with Gasteiger partial charge in [0.25, 0.3) is 0 Å². The number of amides is 3. The van der Waals surface area contributed by atoms with Crippen LogP contribution in [-0.4, -0.2) is 53.0 Å². The fraction of sp³-hybridized carbons (Fsp3) is 0.333. The average Bonchev–Trinajstić information content (AvgIpc) is 3.33. The van der Waals surface area contributed by atoms with E-state index in [9.17, 15) is 9.59 Å². The van der Waals surface area contributed by atoms with Crippen molar-refractivity contribution in [3.63, 3.8) is 0 Å². The topological polar surface area (TPSA) is 66.8 Å². The molecule has 0 bridgehead atoms. The van der Waals surface area contributed by atoms with E-state index >= 15 is 0 Å². The van der Waals surface area contributed by atoms with Crippen molar-refractivity contribution in [3.8, 4) is 5.75 Å². The molecule has 3 aromatic rings. The molecule has 1 unspecified atom stereocenters. The van der Waals surface area contributed by atoms with Crippen molar-refractivity contribution in [2.24, 2.45) is 0 Å². The second-order valence-electron chi connectivity index (χ2n) is 8.56. The van der Waals surface area contributed by atoms with E-state index < -0.39 is 0 Å². The summed E-state index contributed by atoms with van der Waals surface area (Å²) in [4.78, 5) is 30.2. The van der Waals surface area contributed by atoms with Crippen LogP contribution in [0.2, 0.25) is 0 Å². The van der Waals surface area contributed by atoms with E-state index in [-0.39, 0.29) is 24.5 Å². The molecule has 0 spiro atoms. The van der Waals surface area contributed by atoms with Crippen molar-refractivity contribution in [2.45, 2.75) is 32.9 Å². The molecule has 2 heterocycles. The van der Waals surface area contributed by atoms with Gasteiger partial charge in [-0.2, -0.15) is 0 Å². The van der Waals surface area contributed by atoms with Crippen LogP contribution in [-0.2, 0) is 11.3 Å². The molecule has 1 aromatic heterocycles. The summed E-state index contributed by atoms with van der Waals surface area (Å²) < 4.78 is 7.62. The summed E-state index contributed by atoms with van der Waals surface area (Å²) in [6, 6.07) is 19.0. The van der Waals surface area contributed by atoms with E-state index in [0.717, 1.165) is 41.2 Å². The normalized spacial score (nSPS) is 14.9. The molecule has 0 radical (unpaired) electrons. The van der Waals surface area contributed by atoms with Gasteiger partial charge in [-0.05, 0) is 54.8 Å². The maximum Gasteiger partial charge on any atom is 0.322 e. The first-order valence-corrected chi connectivity index (χ1v) is 11.7. The maximum absolute atomic E-state index is 13.6. The Bertz CT molecular complexity index is 1160. The summed E-state index contributed by atoms with van der Waals surface area (Å²) in [6.45, 7) is 5.77. The average molecular weight is 461 g/mol. The smallest absolute Gasteiger partial charge is 0.322 e. The van der Waals surface area contributed by atoms with Crippen LogP contribution in [0.3, 0.4) is 0 Å². The van der Waals surface area contributed by atoms with Crippen LogP contribution in [0.15, 0.2) is 66.9 Å². The predicted octanol–water partition coefficient (Wildman–Crippen LogP) is 4.68. The number of nitrogens with zero attached hydrogens (tertiary/aromatic N) is 3. The third-order valence-electron chi connectivity index (χ3n) is 6.26. The number of nitrogens with one attached hydrogen (secondary N) is 1. The van der Waals surface area contributed by atoms with Crippen molar-refractivity contribution in [1.29, 1.82) is 0 Å². The number of ether oxygens (including phenoxy) is 1. The summed E-state index contributed by atoms with van der Waals surface area (Å²) in [5, 5.41) is 2.97. The van der Waals surface area contributed by atoms with Gasteiger partial charge in [-0.1, -0.05) is 37.3 Å². The molecule has 7 nitrogen and oxygen atoms in total. The third-order valence-corrected chi connectivity index (χ3v) is 6.26. The zero-order valence-electron chi connectivity index (χ0n) is 20.0. The minimum absolute atomic E-state index is 0.0206. The van der Waals surface area contributed by atoms with E-state index in [1.165, 1.54) is 0 Å². The number of aryl methyl sites for hydroxylation is 1. The van der Waals surface area contributed by atoms with Gasteiger partial charge in [0.05, 0.1) is 13.2 Å². The number of methoxy groups -OCH3 is 1. The summed E-state index contributed by atoms with van der Waals surface area (Å²) in [7, 11) is 1.64. The number of carbonyl (C=O) groups excluding carboxylic acids is 2. The number of urea groups is 1. The van der Waals surface area contributed by atoms with E-state index in [2.05, 4.69) is 16.0 Å². The number of carbonyl (C=O) groups is 2. The number of fused-ring (bicyclic) bond motifs is 1. The van der Waals surface area contributed by atoms with Crippen LogP contribution in [0.5, 0.6) is 5.75 Å². The van der Waals surface area contributed by atoms with E-state index in [1.807, 2.05) is 79.5 Å². The van der Waals surface area contributed by atoms with Gasteiger partial charge in [-0.25, -0.2) is 4.79 Å². The van der Waals surface area contributed by atoms with Gasteiger partial charge in [0.1, 0.15) is 12.3 Å². The zero-order valence-corrected chi connectivity index (χ0v) is 20.0. The lowest BCUT2D eigenvalue weighted by Gasteiger charge is -2.38. The van der Waals surface area contributed by atoms with Gasteiger partial charge in [-0.3, -0.25) is 4.79 Å². The summed E-state index contributed by atoms with van der Waals surface area (Å²) in [6.07, 6.45) is 2.81. The highest BCUT2D eigenvalue weighted by Gasteiger charge is 2.33. The third kappa shape index (κ3) is 4.93. The fourth-order valence-electron chi connectivity index (χ4n) is 4.50. The number of para-hydroxylation sites is 1. The molecule has 1 aliphatic rings. The Balaban J connectivity index is 1.57. The highest BCUT2D eigenvalue weighted by molar-refractivity contribution is 5.93. The van der Waals surface area contributed by atoms with E-state index in [1.54, 1.807) is 12.0 Å². The molecule has 7 heteroatoms. The van der Waals surface area contributed by atoms with Crippen LogP contribution in [0, 0.1) is 6.92 Å². The number of hydrogen-bond donors (Lipinski definition) is 1. The second kappa shape index (κ2) is 10.5. The van der Waals surface area contributed by atoms with Gasteiger partial charge >= 0.3 is 6.03 Å². The minimum atomic E-state index is -0.261. The van der Waals surface area contributed by atoms with Crippen molar-refractivity contribution < 1.29 is 14.3 Å². The van der Waals surface area contributed by atoms with Crippen LogP contribution in [0.4, 0.5) is 10.5 Å². The number of benzene rings is 2. The predicted molar refractivity (Wildman–Crippen MR) is 133 cm³/mol. The molecule has 2 aromatic carbocycles. The largest absolute Gasteiger partial charge is 0.497 e. The summed E-state index contributed by atoms with van der Waals surface area (Å²) in [5.74, 6) is 0.674. The fourth-order valence-corrected chi connectivity index (χ4v) is 4.50. The van der Waals surface area contributed by atoms with Crippen LogP contribution >= 0.6 is 0 Å². The van der Waals surface area contributed by atoms with Gasteiger partial charge in [0, 0.05) is 37.2 Å². The van der Waals surface area contributed by atoms with Gasteiger partial charge in [-0.15, -0.1) is 0 Å². The SMILES string of the molecule is CCCN(CC(=O)N1CCn2cccc2C1c1cccc(OC)c1)C(=O)Nc1ccccc1C. The second-order valence-corrected chi connectivity index (χ2v) is 8.56. The molecular formula is C27H32N4O3. The lowest BCUT2D eigenvalue weighted by Crippen LogP contribution is -2.48. The zero-order chi connectivity index (χ0) is 24.1. The molecule has 1 N–H and O–H groups in total. The van der Waals surface area contributed by atoms with Crippen molar-refractivity contribution in [2.75, 3.05) is 32.1 Å². The minimum Gasteiger partial charge on any atom is -0.497 e. The summed E-state index contributed by atoms with van der Waals surface area (Å²) >= 11 is 0. The number of anilines is 1. The van der Waals surface area contributed by atoms with Crippen molar-refractivity contribution >= 4 is 17.6 Å². The molecule has 1 aliphatic heterocycles.